The minimum atomic E-state index is -0.0440. The minimum Gasteiger partial charge on any atom is -0.360 e. The Morgan fingerprint density at radius 2 is 2.15 bits per heavy atom. The summed E-state index contributed by atoms with van der Waals surface area (Å²) in [5.41, 5.74) is 1.67. The maximum Gasteiger partial charge on any atom is 0.187 e. The Labute approximate surface area is 75.9 Å². The van der Waals surface area contributed by atoms with Crippen LogP contribution in [0.2, 0.25) is 0 Å². The Balaban J connectivity index is 2.71. The number of hydrogen-bond acceptors (Lipinski definition) is 1. The number of rotatable bonds is 2. The van der Waals surface area contributed by atoms with Crippen LogP contribution in [0.5, 0.6) is 0 Å². The second-order valence-corrected chi connectivity index (χ2v) is 2.82. The molecule has 2 heteroatoms. The molecule has 0 fully saturated rings. The van der Waals surface area contributed by atoms with Crippen LogP contribution in [0.3, 0.4) is 0 Å². The van der Waals surface area contributed by atoms with Crippen LogP contribution in [0.25, 0.3) is 10.9 Å². The number of carbonyl (C=O) groups excluding carboxylic acids is 1. The van der Waals surface area contributed by atoms with Gasteiger partial charge in [0.25, 0.3) is 0 Å². The van der Waals surface area contributed by atoms with Crippen LogP contribution in [0.1, 0.15) is 10.4 Å². The molecule has 0 bridgehead atoms. The van der Waals surface area contributed by atoms with Crippen LogP contribution < -0.4 is 0 Å². The summed E-state index contributed by atoms with van der Waals surface area (Å²) >= 11 is 0. The van der Waals surface area contributed by atoms with Crippen molar-refractivity contribution in [2.24, 2.45) is 0 Å². The van der Waals surface area contributed by atoms with Crippen molar-refractivity contribution in [1.29, 1.82) is 0 Å². The van der Waals surface area contributed by atoms with Gasteiger partial charge in [0.2, 0.25) is 0 Å². The first kappa shape index (κ1) is 7.80. The Bertz CT molecular complexity index is 468. The second-order valence-electron chi connectivity index (χ2n) is 2.82. The third kappa shape index (κ3) is 1.16. The lowest BCUT2D eigenvalue weighted by molar-refractivity contribution is 0.104. The molecule has 0 spiro atoms. The molecule has 2 aromatic rings. The number of aromatic nitrogens is 1. The fraction of sp³-hybridized carbons (Fsp3) is 0. The summed E-state index contributed by atoms with van der Waals surface area (Å²) in [5, 5.41) is 0.951. The third-order valence-electron chi connectivity index (χ3n) is 2.04. The topological polar surface area (TPSA) is 32.9 Å². The largest absolute Gasteiger partial charge is 0.360 e. The average molecular weight is 171 g/mol. The van der Waals surface area contributed by atoms with E-state index in [0.717, 1.165) is 10.9 Å². The SMILES string of the molecule is C=CC(=O)c1c[nH]c2ccccc12. The lowest BCUT2D eigenvalue weighted by atomic mass is 10.1. The van der Waals surface area contributed by atoms with Crippen molar-refractivity contribution in [3.05, 3.63) is 48.7 Å². The first-order chi connectivity index (χ1) is 6.33. The van der Waals surface area contributed by atoms with Gasteiger partial charge in [-0.25, -0.2) is 0 Å². The van der Waals surface area contributed by atoms with Crippen LogP contribution in [0.15, 0.2) is 43.1 Å². The predicted octanol–water partition coefficient (Wildman–Crippen LogP) is 2.54. The van der Waals surface area contributed by atoms with Crippen molar-refractivity contribution < 1.29 is 4.79 Å². The molecule has 0 aliphatic rings. The highest BCUT2D eigenvalue weighted by Gasteiger charge is 2.07. The van der Waals surface area contributed by atoms with Gasteiger partial charge in [0.1, 0.15) is 0 Å². The number of hydrogen-bond donors (Lipinski definition) is 1. The predicted molar refractivity (Wildman–Crippen MR) is 52.8 cm³/mol. The molecule has 13 heavy (non-hydrogen) atoms. The van der Waals surface area contributed by atoms with Crippen LogP contribution >= 0.6 is 0 Å². The van der Waals surface area contributed by atoms with Gasteiger partial charge in [0, 0.05) is 22.7 Å². The highest BCUT2D eigenvalue weighted by molar-refractivity contribution is 6.12. The van der Waals surface area contributed by atoms with Crippen LogP contribution in [0.4, 0.5) is 0 Å². The molecule has 0 saturated carbocycles. The molecule has 2 nitrogen and oxygen atoms in total. The van der Waals surface area contributed by atoms with E-state index in [0.29, 0.717) is 5.56 Å². The maximum absolute atomic E-state index is 11.4. The van der Waals surface area contributed by atoms with Gasteiger partial charge in [-0.1, -0.05) is 24.8 Å². The van der Waals surface area contributed by atoms with Gasteiger partial charge >= 0.3 is 0 Å². The fourth-order valence-corrected chi connectivity index (χ4v) is 1.39. The quantitative estimate of drug-likeness (QED) is 0.546. The zero-order chi connectivity index (χ0) is 9.26. The van der Waals surface area contributed by atoms with Gasteiger partial charge in [0.15, 0.2) is 5.78 Å². The summed E-state index contributed by atoms with van der Waals surface area (Å²) in [5.74, 6) is -0.0440. The van der Waals surface area contributed by atoms with Gasteiger partial charge in [-0.3, -0.25) is 4.79 Å². The molecule has 0 atom stereocenters. The molecule has 64 valence electrons. The number of ketones is 1. The average Bonchev–Trinajstić information content (AvgIpc) is 2.60. The van der Waals surface area contributed by atoms with Gasteiger partial charge in [-0.2, -0.15) is 0 Å². The van der Waals surface area contributed by atoms with Gasteiger partial charge in [-0.05, 0) is 12.1 Å². The molecule has 1 N–H and O–H groups in total. The van der Waals surface area contributed by atoms with E-state index in [1.807, 2.05) is 24.3 Å². The Morgan fingerprint density at radius 1 is 1.38 bits per heavy atom. The molecular formula is C11H9NO. The summed E-state index contributed by atoms with van der Waals surface area (Å²) in [7, 11) is 0. The van der Waals surface area contributed by atoms with Crippen molar-refractivity contribution >= 4 is 16.7 Å². The molecule has 0 unspecified atom stereocenters. The Kier molecular flexibility index (Phi) is 1.74. The van der Waals surface area contributed by atoms with E-state index in [4.69, 9.17) is 0 Å². The molecule has 1 heterocycles. The van der Waals surface area contributed by atoms with Crippen LogP contribution in [0, 0.1) is 0 Å². The van der Waals surface area contributed by atoms with Gasteiger partial charge in [0.05, 0.1) is 0 Å². The summed E-state index contributed by atoms with van der Waals surface area (Å²) in [6, 6.07) is 7.70. The maximum atomic E-state index is 11.4. The van der Waals surface area contributed by atoms with Gasteiger partial charge in [-0.15, -0.1) is 0 Å². The molecule has 0 amide bonds. The lowest BCUT2D eigenvalue weighted by Crippen LogP contribution is -1.90. The normalized spacial score (nSPS) is 10.2. The van der Waals surface area contributed by atoms with Crippen LogP contribution in [-0.2, 0) is 0 Å². The third-order valence-corrected chi connectivity index (χ3v) is 2.04. The fourth-order valence-electron chi connectivity index (χ4n) is 1.39. The summed E-state index contributed by atoms with van der Waals surface area (Å²) in [4.78, 5) is 14.4. The van der Waals surface area contributed by atoms with E-state index in [2.05, 4.69) is 11.6 Å². The number of fused-ring (bicyclic) bond motifs is 1. The van der Waals surface area contributed by atoms with E-state index >= 15 is 0 Å². The number of carbonyl (C=O) groups is 1. The standard InChI is InChI=1S/C11H9NO/c1-2-11(13)9-7-12-10-6-4-3-5-8(9)10/h2-7,12H,1H2. The molecule has 1 aromatic heterocycles. The summed E-state index contributed by atoms with van der Waals surface area (Å²) in [6.07, 6.45) is 3.05. The molecule has 0 aliphatic heterocycles. The molecular weight excluding hydrogens is 162 g/mol. The number of allylic oxidation sites excluding steroid dienone is 1. The van der Waals surface area contributed by atoms with Crippen molar-refractivity contribution in [1.82, 2.24) is 4.98 Å². The summed E-state index contributed by atoms with van der Waals surface area (Å²) < 4.78 is 0. The lowest BCUT2D eigenvalue weighted by Gasteiger charge is -1.91. The zero-order valence-corrected chi connectivity index (χ0v) is 7.08. The van der Waals surface area contributed by atoms with Crippen LogP contribution in [-0.4, -0.2) is 10.8 Å². The first-order valence-electron chi connectivity index (χ1n) is 4.06. The first-order valence-corrected chi connectivity index (χ1v) is 4.06. The van der Waals surface area contributed by atoms with Gasteiger partial charge < -0.3 is 4.98 Å². The highest BCUT2D eigenvalue weighted by Crippen LogP contribution is 2.17. The van der Waals surface area contributed by atoms with E-state index in [9.17, 15) is 4.79 Å². The monoisotopic (exact) mass is 171 g/mol. The Morgan fingerprint density at radius 3 is 2.92 bits per heavy atom. The van der Waals surface area contributed by atoms with Crippen molar-refractivity contribution in [3.63, 3.8) is 0 Å². The number of nitrogens with one attached hydrogen (secondary N) is 1. The van der Waals surface area contributed by atoms with E-state index in [1.54, 1.807) is 6.20 Å². The molecule has 2 rings (SSSR count). The van der Waals surface area contributed by atoms with E-state index in [1.165, 1.54) is 6.08 Å². The highest BCUT2D eigenvalue weighted by atomic mass is 16.1. The molecule has 0 radical (unpaired) electrons. The van der Waals surface area contributed by atoms with E-state index < -0.39 is 0 Å². The molecule has 0 aliphatic carbocycles. The Hall–Kier alpha value is -1.83. The van der Waals surface area contributed by atoms with E-state index in [-0.39, 0.29) is 5.78 Å². The molecule has 1 aromatic carbocycles. The smallest absolute Gasteiger partial charge is 0.187 e. The number of H-pyrrole nitrogens is 1. The second kappa shape index (κ2) is 2.90. The number of aromatic amines is 1. The van der Waals surface area contributed by atoms with Crippen molar-refractivity contribution in [3.8, 4) is 0 Å². The summed E-state index contributed by atoms with van der Waals surface area (Å²) in [6.45, 7) is 3.46. The number of benzene rings is 1. The zero-order valence-electron chi connectivity index (χ0n) is 7.08. The minimum absolute atomic E-state index is 0.0440. The van der Waals surface area contributed by atoms with Crippen molar-refractivity contribution in [2.45, 2.75) is 0 Å². The molecule has 0 saturated heterocycles. The van der Waals surface area contributed by atoms with Crippen molar-refractivity contribution in [2.75, 3.05) is 0 Å². The number of para-hydroxylation sites is 1.